The van der Waals surface area contributed by atoms with Crippen LogP contribution in [0, 0.1) is 17.8 Å². The molecule has 2 aliphatic heterocycles. The lowest BCUT2D eigenvalue weighted by Gasteiger charge is -2.39. The van der Waals surface area contributed by atoms with Gasteiger partial charge in [-0.15, -0.1) is 0 Å². The topological polar surface area (TPSA) is 126 Å². The molecule has 0 aromatic carbocycles. The largest absolute Gasteiger partial charge is 0.393 e. The van der Waals surface area contributed by atoms with E-state index in [0.717, 1.165) is 0 Å². The highest BCUT2D eigenvalue weighted by atomic mass is 19.4. The van der Waals surface area contributed by atoms with Gasteiger partial charge in [0.1, 0.15) is 11.4 Å². The molecule has 0 radical (unpaired) electrons. The Hall–Kier alpha value is -3.89. The molecule has 4 atom stereocenters. The quantitative estimate of drug-likeness (QED) is 0.346. The predicted molar refractivity (Wildman–Crippen MR) is 164 cm³/mol. The fourth-order valence-corrected chi connectivity index (χ4v) is 7.02. The van der Waals surface area contributed by atoms with Crippen molar-refractivity contribution in [3.63, 3.8) is 0 Å². The molecule has 17 heteroatoms. The van der Waals surface area contributed by atoms with Crippen molar-refractivity contribution in [3.8, 4) is 0 Å². The van der Waals surface area contributed by atoms with E-state index in [2.05, 4.69) is 27.6 Å². The van der Waals surface area contributed by atoms with E-state index < -0.39 is 48.3 Å². The summed E-state index contributed by atoms with van der Waals surface area (Å²) >= 11 is 0. The number of hydrogen-bond acceptors (Lipinski definition) is 8. The van der Waals surface area contributed by atoms with Gasteiger partial charge in [-0.2, -0.15) is 28.4 Å². The van der Waals surface area contributed by atoms with Crippen LogP contribution in [-0.2, 0) is 17.8 Å². The number of piperidine rings is 1. The number of piperazine rings is 1. The van der Waals surface area contributed by atoms with E-state index in [1.165, 1.54) is 15.4 Å². The number of likely N-dealkylation sites (N-methyl/N-ethyl adjacent to an activating group) is 1. The maximum Gasteiger partial charge on any atom is 0.393 e. The molecule has 1 aliphatic carbocycles. The molecule has 3 fully saturated rings. The van der Waals surface area contributed by atoms with Crippen LogP contribution in [0.2, 0.25) is 0 Å². The normalized spacial score (nSPS) is 24.9. The molecule has 3 aliphatic rings. The number of nitrogens with one attached hydrogen (secondary N) is 2. The number of carbonyl (C=O) groups excluding carboxylic acids is 2. The van der Waals surface area contributed by atoms with Gasteiger partial charge in [0, 0.05) is 70.1 Å². The molecule has 262 valence electrons. The zero-order chi connectivity index (χ0) is 34.4. The number of fused-ring (bicyclic) bond motifs is 1. The lowest BCUT2D eigenvalue weighted by Crippen LogP contribution is -2.51. The first-order chi connectivity index (χ1) is 22.7. The van der Waals surface area contributed by atoms with Crippen molar-refractivity contribution >= 4 is 23.4 Å². The van der Waals surface area contributed by atoms with Crippen molar-refractivity contribution < 1.29 is 31.5 Å². The zero-order valence-corrected chi connectivity index (χ0v) is 27.2. The Balaban J connectivity index is 1.37. The second kappa shape index (κ2) is 13.2. The summed E-state index contributed by atoms with van der Waals surface area (Å²) in [7, 11) is 2.01. The van der Waals surface area contributed by atoms with Gasteiger partial charge in [-0.05, 0) is 52.1 Å². The summed E-state index contributed by atoms with van der Waals surface area (Å²) < 4.78 is 72.3. The fourth-order valence-electron chi connectivity index (χ4n) is 7.02. The first-order valence-corrected chi connectivity index (χ1v) is 16.5. The zero-order valence-electron chi connectivity index (χ0n) is 27.2. The predicted octanol–water partition coefficient (Wildman–Crippen LogP) is 3.63. The molecule has 2 saturated heterocycles. The van der Waals surface area contributed by atoms with Gasteiger partial charge in [0.25, 0.3) is 11.7 Å². The minimum Gasteiger partial charge on any atom is -0.355 e. The molecule has 0 bridgehead atoms. The van der Waals surface area contributed by atoms with Gasteiger partial charge in [-0.25, -0.2) is 18.3 Å². The van der Waals surface area contributed by atoms with Gasteiger partial charge in [0.05, 0.1) is 23.9 Å². The van der Waals surface area contributed by atoms with Gasteiger partial charge in [0.15, 0.2) is 5.82 Å². The molecule has 2 amide bonds. The van der Waals surface area contributed by atoms with Crippen LogP contribution in [0.5, 0.6) is 0 Å². The van der Waals surface area contributed by atoms with Crippen molar-refractivity contribution in [1.29, 1.82) is 0 Å². The van der Waals surface area contributed by atoms with Gasteiger partial charge in [-0.3, -0.25) is 14.3 Å². The van der Waals surface area contributed by atoms with E-state index in [0.29, 0.717) is 49.1 Å². The van der Waals surface area contributed by atoms with Crippen LogP contribution in [-0.4, -0.2) is 97.4 Å². The smallest absolute Gasteiger partial charge is 0.355 e. The van der Waals surface area contributed by atoms with Gasteiger partial charge >= 0.3 is 6.18 Å². The number of aryl methyl sites for hydroxylation is 1. The van der Waals surface area contributed by atoms with Crippen molar-refractivity contribution in [3.05, 3.63) is 35.5 Å². The molecule has 0 unspecified atom stereocenters. The summed E-state index contributed by atoms with van der Waals surface area (Å²) in [6, 6.07) is 0.982. The average molecular weight is 681 g/mol. The fraction of sp³-hybridized carbons (Fsp3) is 0.677. The number of anilines is 1. The van der Waals surface area contributed by atoms with Crippen molar-refractivity contribution in [1.82, 2.24) is 44.9 Å². The van der Waals surface area contributed by atoms with Crippen LogP contribution >= 0.6 is 0 Å². The van der Waals surface area contributed by atoms with Gasteiger partial charge in [0.2, 0.25) is 11.8 Å². The van der Waals surface area contributed by atoms with Crippen molar-refractivity contribution in [2.75, 3.05) is 38.1 Å². The van der Waals surface area contributed by atoms with Crippen molar-refractivity contribution in [2.45, 2.75) is 83.1 Å². The van der Waals surface area contributed by atoms with E-state index in [1.807, 2.05) is 18.9 Å². The first-order valence-electron chi connectivity index (χ1n) is 16.5. The minimum absolute atomic E-state index is 0.0657. The standard InChI is InChI=1S/C31H41F5N10O2/c1-4-45-24(7-10-38-45)28(48)40-25(19-5-8-30(32,33)9-6-19)23-17-46-29(39-23)41-26(44-12-11-43(3)18(2)16-44)22(42-46)14-20-13-21(31(34,35)36)15-37-27(20)47/h7,10,17-21,25H,4-6,8-9,11-16H2,1-3H3,(H,37,47)(H,40,48)/t18-,20+,21+,25-/m0/s1. The highest BCUT2D eigenvalue weighted by Gasteiger charge is 2.45. The molecule has 12 nitrogen and oxygen atoms in total. The molecule has 6 rings (SSSR count). The molecule has 3 aromatic heterocycles. The summed E-state index contributed by atoms with van der Waals surface area (Å²) in [5.74, 6) is -6.03. The summed E-state index contributed by atoms with van der Waals surface area (Å²) in [4.78, 5) is 40.0. The summed E-state index contributed by atoms with van der Waals surface area (Å²) in [6.45, 7) is 5.76. The maximum absolute atomic E-state index is 14.2. The third-order valence-corrected chi connectivity index (χ3v) is 10.1. The number of hydrogen-bond donors (Lipinski definition) is 2. The third kappa shape index (κ3) is 7.10. The molecule has 48 heavy (non-hydrogen) atoms. The Morgan fingerprint density at radius 1 is 1.19 bits per heavy atom. The molecular formula is C31H41F5N10O2. The second-order valence-electron chi connectivity index (χ2n) is 13.4. The Kier molecular flexibility index (Phi) is 9.34. The Bertz CT molecular complexity index is 1630. The Labute approximate surface area is 274 Å². The number of amides is 2. The lowest BCUT2D eigenvalue weighted by molar-refractivity contribution is -0.183. The van der Waals surface area contributed by atoms with E-state index in [-0.39, 0.29) is 56.3 Å². The SMILES string of the molecule is CCn1nccc1C(=O)N[C@H](c1cn2nc(C[C@H]3C[C@@H](C(F)(F)F)CNC3=O)c(N3CCN(C)[C@@H](C)C3)nc2n1)C1CCC(F)(F)CC1. The number of alkyl halides is 5. The number of halogens is 5. The van der Waals surface area contributed by atoms with Crippen LogP contribution in [0.3, 0.4) is 0 Å². The Morgan fingerprint density at radius 2 is 1.94 bits per heavy atom. The first kappa shape index (κ1) is 34.0. The summed E-state index contributed by atoms with van der Waals surface area (Å²) in [5, 5.41) is 14.4. The number of imidazole rings is 1. The maximum atomic E-state index is 14.2. The van der Waals surface area contributed by atoms with Gasteiger partial charge < -0.3 is 20.4 Å². The van der Waals surface area contributed by atoms with Crippen LogP contribution in [0.1, 0.15) is 73.9 Å². The van der Waals surface area contributed by atoms with E-state index in [9.17, 15) is 31.5 Å². The number of aromatic nitrogens is 6. The molecular weight excluding hydrogens is 639 g/mol. The van der Waals surface area contributed by atoms with E-state index in [4.69, 9.17) is 15.1 Å². The molecule has 0 spiro atoms. The number of nitrogens with zero attached hydrogens (tertiary/aromatic N) is 8. The lowest BCUT2D eigenvalue weighted by atomic mass is 9.81. The van der Waals surface area contributed by atoms with Crippen LogP contribution in [0.4, 0.5) is 27.8 Å². The van der Waals surface area contributed by atoms with E-state index in [1.54, 1.807) is 12.3 Å². The van der Waals surface area contributed by atoms with Crippen molar-refractivity contribution in [2.24, 2.45) is 17.8 Å². The third-order valence-electron chi connectivity index (χ3n) is 10.1. The number of carbonyl (C=O) groups is 2. The summed E-state index contributed by atoms with van der Waals surface area (Å²) in [5.41, 5.74) is 1.06. The van der Waals surface area contributed by atoms with Crippen LogP contribution in [0.25, 0.3) is 5.78 Å². The molecule has 2 N–H and O–H groups in total. The van der Waals surface area contributed by atoms with E-state index >= 15 is 0 Å². The van der Waals surface area contributed by atoms with Gasteiger partial charge in [-0.1, -0.05) is 0 Å². The Morgan fingerprint density at radius 3 is 2.62 bits per heavy atom. The highest BCUT2D eigenvalue weighted by Crippen LogP contribution is 2.41. The monoisotopic (exact) mass is 680 g/mol. The molecule has 5 heterocycles. The number of rotatable bonds is 8. The molecule has 3 aromatic rings. The van der Waals surface area contributed by atoms with Crippen LogP contribution < -0.4 is 15.5 Å². The minimum atomic E-state index is -4.45. The average Bonchev–Trinajstić information content (AvgIpc) is 3.68. The second-order valence-corrected chi connectivity index (χ2v) is 13.4. The van der Waals surface area contributed by atoms with Crippen LogP contribution in [0.15, 0.2) is 18.5 Å². The highest BCUT2D eigenvalue weighted by molar-refractivity contribution is 5.92. The molecule has 1 saturated carbocycles. The summed E-state index contributed by atoms with van der Waals surface area (Å²) in [6.07, 6.45) is -2.11.